The van der Waals surface area contributed by atoms with Crippen LogP contribution >= 0.6 is 0 Å². The second kappa shape index (κ2) is 2.44. The van der Waals surface area contributed by atoms with Gasteiger partial charge in [-0.1, -0.05) is 10.3 Å². The topological polar surface area (TPSA) is 65.0 Å². The lowest BCUT2D eigenvalue weighted by Crippen LogP contribution is -1.80. The highest BCUT2D eigenvalue weighted by Crippen LogP contribution is 2.23. The van der Waals surface area contributed by atoms with E-state index in [1.807, 2.05) is 6.92 Å². The maximum atomic E-state index is 4.93. The molecule has 0 N–H and O–H groups in total. The lowest BCUT2D eigenvalue weighted by molar-refractivity contribution is 0.392. The molecule has 0 aliphatic carbocycles. The summed E-state index contributed by atoms with van der Waals surface area (Å²) in [7, 11) is 0. The fraction of sp³-hybridized carbons (Fsp3) is 0.286. The molecule has 0 saturated carbocycles. The van der Waals surface area contributed by atoms with E-state index in [1.165, 1.54) is 0 Å². The van der Waals surface area contributed by atoms with Crippen LogP contribution in [0.5, 0.6) is 0 Å². The number of hydrogen-bond donors (Lipinski definition) is 0. The molecule has 0 amide bonds. The zero-order chi connectivity index (χ0) is 8.55. The van der Waals surface area contributed by atoms with E-state index in [1.54, 1.807) is 6.92 Å². The van der Waals surface area contributed by atoms with Crippen molar-refractivity contribution >= 4 is 0 Å². The molecule has 2 aromatic heterocycles. The minimum absolute atomic E-state index is 0.395. The van der Waals surface area contributed by atoms with Gasteiger partial charge in [0.25, 0.3) is 5.89 Å². The van der Waals surface area contributed by atoms with E-state index in [4.69, 9.17) is 9.05 Å². The van der Waals surface area contributed by atoms with Gasteiger partial charge in [0, 0.05) is 0 Å². The van der Waals surface area contributed by atoms with E-state index in [9.17, 15) is 0 Å². The van der Waals surface area contributed by atoms with Gasteiger partial charge in [0.15, 0.2) is 0 Å². The number of aryl methyl sites for hydroxylation is 2. The molecule has 61 valence electrons. The average molecular weight is 164 g/mol. The van der Waals surface area contributed by atoms with E-state index < -0.39 is 0 Å². The summed E-state index contributed by atoms with van der Waals surface area (Å²) in [4.78, 5) is 3.78. The van der Waals surface area contributed by atoms with Gasteiger partial charge in [0.1, 0.15) is 11.3 Å². The molecule has 0 aliphatic heterocycles. The van der Waals surface area contributed by atoms with Crippen LogP contribution in [0.1, 0.15) is 11.5 Å². The van der Waals surface area contributed by atoms with E-state index in [-0.39, 0.29) is 0 Å². The zero-order valence-corrected chi connectivity index (χ0v) is 6.66. The Balaban J connectivity index is 2.60. The first-order chi connectivity index (χ1) is 5.79. The third-order valence-electron chi connectivity index (χ3n) is 1.57. The minimum atomic E-state index is 0.395. The molecule has 0 bridgehead atoms. The summed E-state index contributed by atoms with van der Waals surface area (Å²) >= 11 is 0. The summed E-state index contributed by atoms with van der Waals surface area (Å²) in [6.07, 6.45) is 2.34. The van der Waals surface area contributed by atoms with E-state index >= 15 is 0 Å². The van der Waals surface area contributed by atoms with Crippen molar-refractivity contribution in [1.82, 2.24) is 15.3 Å². The van der Waals surface area contributed by atoms with E-state index in [0.717, 1.165) is 11.3 Å². The quantitative estimate of drug-likeness (QED) is 0.632. The molecular weight excluding hydrogens is 158 g/mol. The second-order valence-electron chi connectivity index (χ2n) is 2.40. The molecule has 5 nitrogen and oxygen atoms in total. The van der Waals surface area contributed by atoms with Crippen molar-refractivity contribution in [2.24, 2.45) is 0 Å². The maximum absolute atomic E-state index is 4.93. The van der Waals surface area contributed by atoms with Gasteiger partial charge in [0.05, 0.1) is 5.69 Å². The zero-order valence-electron chi connectivity index (χ0n) is 6.66. The van der Waals surface area contributed by atoms with Gasteiger partial charge in [0.2, 0.25) is 6.33 Å². The first-order valence-electron chi connectivity index (χ1n) is 3.42. The van der Waals surface area contributed by atoms with Gasteiger partial charge >= 0.3 is 0 Å². The molecular formula is C7H6N3O2. The first-order valence-corrected chi connectivity index (χ1v) is 3.42. The Morgan fingerprint density at radius 3 is 2.58 bits per heavy atom. The SMILES string of the molecule is Cc1noc(C)c1-c1n[c]no1. The molecule has 0 aromatic carbocycles. The fourth-order valence-electron chi connectivity index (χ4n) is 1.04. The van der Waals surface area contributed by atoms with Gasteiger partial charge in [-0.2, -0.15) is 4.98 Å². The molecule has 0 saturated heterocycles. The maximum Gasteiger partial charge on any atom is 0.263 e. The van der Waals surface area contributed by atoms with Crippen molar-refractivity contribution in [1.29, 1.82) is 0 Å². The number of hydrogen-bond acceptors (Lipinski definition) is 5. The van der Waals surface area contributed by atoms with Crippen LogP contribution in [-0.2, 0) is 0 Å². The Labute approximate surface area is 68.4 Å². The molecule has 2 rings (SSSR count). The predicted octanol–water partition coefficient (Wildman–Crippen LogP) is 1.14. The van der Waals surface area contributed by atoms with Crippen LogP contribution in [0.3, 0.4) is 0 Å². The summed E-state index contributed by atoms with van der Waals surface area (Å²) in [5, 5.41) is 7.14. The lowest BCUT2D eigenvalue weighted by Gasteiger charge is -1.88. The number of aromatic nitrogens is 3. The first kappa shape index (κ1) is 7.02. The Kier molecular flexibility index (Phi) is 1.43. The van der Waals surface area contributed by atoms with E-state index in [0.29, 0.717) is 11.7 Å². The Morgan fingerprint density at radius 1 is 1.25 bits per heavy atom. The third-order valence-corrected chi connectivity index (χ3v) is 1.57. The van der Waals surface area contributed by atoms with Crippen LogP contribution in [0.4, 0.5) is 0 Å². The van der Waals surface area contributed by atoms with Crippen LogP contribution < -0.4 is 0 Å². The van der Waals surface area contributed by atoms with Gasteiger partial charge in [-0.05, 0) is 13.8 Å². The van der Waals surface area contributed by atoms with Crippen molar-refractivity contribution in [3.05, 3.63) is 17.8 Å². The summed E-state index contributed by atoms with van der Waals surface area (Å²) in [6.45, 7) is 3.61. The molecule has 0 atom stereocenters. The van der Waals surface area contributed by atoms with Crippen LogP contribution in [0.15, 0.2) is 9.05 Å². The molecule has 1 radical (unpaired) electrons. The highest BCUT2D eigenvalue weighted by Gasteiger charge is 2.15. The number of nitrogens with zero attached hydrogens (tertiary/aromatic N) is 3. The van der Waals surface area contributed by atoms with Crippen LogP contribution in [0.2, 0.25) is 0 Å². The highest BCUT2D eigenvalue weighted by atomic mass is 16.5. The molecule has 0 spiro atoms. The van der Waals surface area contributed by atoms with Crippen molar-refractivity contribution < 1.29 is 9.05 Å². The highest BCUT2D eigenvalue weighted by molar-refractivity contribution is 5.57. The molecule has 2 aromatic rings. The summed E-state index contributed by atoms with van der Waals surface area (Å²) in [5.74, 6) is 1.07. The van der Waals surface area contributed by atoms with Gasteiger partial charge in [-0.15, -0.1) is 0 Å². The molecule has 5 heteroatoms. The summed E-state index contributed by atoms with van der Waals surface area (Å²) in [5.41, 5.74) is 1.49. The fourth-order valence-corrected chi connectivity index (χ4v) is 1.04. The average Bonchev–Trinajstić information content (AvgIpc) is 2.61. The Morgan fingerprint density at radius 2 is 2.08 bits per heavy atom. The monoisotopic (exact) mass is 164 g/mol. The standard InChI is InChI=1S/C7H6N3O2/c1-4-6(5(2)11-10-4)7-8-3-9-12-7/h1-2H3. The van der Waals surface area contributed by atoms with Crippen molar-refractivity contribution in [2.45, 2.75) is 13.8 Å². The molecule has 0 unspecified atom stereocenters. The third kappa shape index (κ3) is 0.903. The Hall–Kier alpha value is -1.65. The van der Waals surface area contributed by atoms with Gasteiger partial charge in [-0.25, -0.2) is 0 Å². The minimum Gasteiger partial charge on any atom is -0.361 e. The summed E-state index contributed by atoms with van der Waals surface area (Å²) in [6, 6.07) is 0. The Bertz CT molecular complexity index is 358. The van der Waals surface area contributed by atoms with Gasteiger partial charge in [-0.3, -0.25) is 0 Å². The van der Waals surface area contributed by atoms with Crippen LogP contribution in [0.25, 0.3) is 11.5 Å². The molecule has 2 heterocycles. The van der Waals surface area contributed by atoms with Crippen molar-refractivity contribution in [3.63, 3.8) is 0 Å². The molecule has 12 heavy (non-hydrogen) atoms. The smallest absolute Gasteiger partial charge is 0.263 e. The van der Waals surface area contributed by atoms with Crippen molar-refractivity contribution in [3.8, 4) is 11.5 Å². The molecule has 0 fully saturated rings. The van der Waals surface area contributed by atoms with Crippen LogP contribution in [-0.4, -0.2) is 15.3 Å². The van der Waals surface area contributed by atoms with Gasteiger partial charge < -0.3 is 9.05 Å². The number of rotatable bonds is 1. The van der Waals surface area contributed by atoms with Crippen LogP contribution in [0, 0.1) is 20.2 Å². The normalized spacial score (nSPS) is 10.5. The predicted molar refractivity (Wildman–Crippen MR) is 38.1 cm³/mol. The largest absolute Gasteiger partial charge is 0.361 e. The lowest BCUT2D eigenvalue weighted by atomic mass is 10.2. The van der Waals surface area contributed by atoms with Crippen molar-refractivity contribution in [2.75, 3.05) is 0 Å². The second-order valence-corrected chi connectivity index (χ2v) is 2.40. The molecule has 0 aliphatic rings. The summed E-state index contributed by atoms with van der Waals surface area (Å²) < 4.78 is 9.75. The van der Waals surface area contributed by atoms with E-state index in [2.05, 4.69) is 21.6 Å².